The van der Waals surface area contributed by atoms with Crippen molar-refractivity contribution in [1.29, 1.82) is 0 Å². The number of carbonyl (C=O) groups excluding carboxylic acids is 1. The molecule has 5 heteroatoms. The topological polar surface area (TPSA) is 70.6 Å². The molecule has 0 aliphatic heterocycles. The monoisotopic (exact) mass is 314 g/mol. The number of hydrazine groups is 1. The number of phenolic OH excluding ortho intramolecular Hbond substituents is 1. The van der Waals surface area contributed by atoms with E-state index in [-0.39, 0.29) is 11.7 Å². The first kappa shape index (κ1) is 16.8. The quantitative estimate of drug-likeness (QED) is 0.655. The molecule has 0 aliphatic carbocycles. The highest BCUT2D eigenvalue weighted by Gasteiger charge is 2.02. The van der Waals surface area contributed by atoms with E-state index in [0.717, 1.165) is 29.7 Å². The number of hydrogen-bond donors (Lipinski definition) is 3. The minimum atomic E-state index is -0.0355. The molecule has 2 rings (SSSR count). The number of rotatable bonds is 8. The van der Waals surface area contributed by atoms with Crippen molar-refractivity contribution in [2.75, 3.05) is 7.11 Å². The summed E-state index contributed by atoms with van der Waals surface area (Å²) in [6.45, 7) is 0.543. The van der Waals surface area contributed by atoms with Crippen LogP contribution in [0.25, 0.3) is 0 Å². The molecule has 23 heavy (non-hydrogen) atoms. The van der Waals surface area contributed by atoms with E-state index in [1.807, 2.05) is 36.4 Å². The number of ether oxygens (including phenoxy) is 1. The van der Waals surface area contributed by atoms with Crippen LogP contribution in [0.1, 0.15) is 24.0 Å². The van der Waals surface area contributed by atoms with Crippen LogP contribution in [0.15, 0.2) is 48.5 Å². The lowest BCUT2D eigenvalue weighted by Gasteiger charge is -2.08. The molecule has 0 bridgehead atoms. The minimum absolute atomic E-state index is 0.0355. The second kappa shape index (κ2) is 8.80. The molecule has 0 fully saturated rings. The van der Waals surface area contributed by atoms with Gasteiger partial charge in [0.05, 0.1) is 7.11 Å². The van der Waals surface area contributed by atoms with Crippen molar-refractivity contribution in [2.45, 2.75) is 25.8 Å². The van der Waals surface area contributed by atoms with Gasteiger partial charge in [0.15, 0.2) is 0 Å². The van der Waals surface area contributed by atoms with Crippen molar-refractivity contribution in [3.05, 3.63) is 59.7 Å². The van der Waals surface area contributed by atoms with Gasteiger partial charge in [-0.1, -0.05) is 24.3 Å². The lowest BCUT2D eigenvalue weighted by molar-refractivity contribution is -0.122. The maximum absolute atomic E-state index is 11.8. The summed E-state index contributed by atoms with van der Waals surface area (Å²) < 4.78 is 5.15. The zero-order chi connectivity index (χ0) is 16.5. The van der Waals surface area contributed by atoms with E-state index in [1.54, 1.807) is 19.2 Å². The molecular formula is C18H22N2O3. The molecule has 0 spiro atoms. The first-order chi connectivity index (χ1) is 11.2. The average molecular weight is 314 g/mol. The third-order valence-corrected chi connectivity index (χ3v) is 3.46. The van der Waals surface area contributed by atoms with E-state index in [1.165, 1.54) is 0 Å². The lowest BCUT2D eigenvalue weighted by Crippen LogP contribution is -2.36. The van der Waals surface area contributed by atoms with Crippen LogP contribution in [0, 0.1) is 0 Å². The normalized spacial score (nSPS) is 10.3. The van der Waals surface area contributed by atoms with Gasteiger partial charge in [-0.3, -0.25) is 10.2 Å². The number of nitrogens with one attached hydrogen (secondary N) is 2. The largest absolute Gasteiger partial charge is 0.508 e. The molecular weight excluding hydrogens is 292 g/mol. The Balaban J connectivity index is 1.64. The fraction of sp³-hybridized carbons (Fsp3) is 0.278. The van der Waals surface area contributed by atoms with Crippen LogP contribution >= 0.6 is 0 Å². The van der Waals surface area contributed by atoms with Crippen molar-refractivity contribution in [1.82, 2.24) is 10.9 Å². The first-order valence-electron chi connectivity index (χ1n) is 7.60. The fourth-order valence-electron chi connectivity index (χ4n) is 2.21. The maximum Gasteiger partial charge on any atom is 0.234 e. The van der Waals surface area contributed by atoms with Gasteiger partial charge in [-0.2, -0.15) is 0 Å². The zero-order valence-corrected chi connectivity index (χ0v) is 13.2. The Kier molecular flexibility index (Phi) is 6.44. The first-order valence-corrected chi connectivity index (χ1v) is 7.60. The van der Waals surface area contributed by atoms with Crippen LogP contribution in [-0.4, -0.2) is 18.1 Å². The summed E-state index contributed by atoms with van der Waals surface area (Å²) in [5, 5.41) is 9.21. The van der Waals surface area contributed by atoms with E-state index >= 15 is 0 Å². The smallest absolute Gasteiger partial charge is 0.234 e. The molecule has 2 aromatic rings. The second-order valence-electron chi connectivity index (χ2n) is 5.27. The molecule has 0 heterocycles. The molecule has 0 saturated heterocycles. The predicted octanol–water partition coefficient (Wildman–Crippen LogP) is 2.54. The maximum atomic E-state index is 11.8. The third-order valence-electron chi connectivity index (χ3n) is 3.46. The number of hydrogen-bond acceptors (Lipinski definition) is 4. The second-order valence-corrected chi connectivity index (χ2v) is 5.27. The summed E-state index contributed by atoms with van der Waals surface area (Å²) in [5.74, 6) is 1.02. The van der Waals surface area contributed by atoms with E-state index in [4.69, 9.17) is 4.74 Å². The van der Waals surface area contributed by atoms with Gasteiger partial charge in [0.1, 0.15) is 11.5 Å². The van der Waals surface area contributed by atoms with Crippen molar-refractivity contribution in [3.8, 4) is 11.5 Å². The molecule has 0 aromatic heterocycles. The van der Waals surface area contributed by atoms with Crippen molar-refractivity contribution < 1.29 is 14.6 Å². The van der Waals surface area contributed by atoms with E-state index < -0.39 is 0 Å². The molecule has 0 atom stereocenters. The highest BCUT2D eigenvalue weighted by atomic mass is 16.5. The van der Waals surface area contributed by atoms with E-state index in [0.29, 0.717) is 13.0 Å². The highest BCUT2D eigenvalue weighted by molar-refractivity contribution is 5.75. The summed E-state index contributed by atoms with van der Waals surface area (Å²) in [7, 11) is 1.63. The van der Waals surface area contributed by atoms with Gasteiger partial charge in [-0.25, -0.2) is 5.43 Å². The van der Waals surface area contributed by atoms with Gasteiger partial charge in [-0.15, -0.1) is 0 Å². The van der Waals surface area contributed by atoms with Crippen LogP contribution in [-0.2, 0) is 17.8 Å². The van der Waals surface area contributed by atoms with Gasteiger partial charge in [0.25, 0.3) is 0 Å². The molecule has 0 aliphatic rings. The molecule has 5 nitrogen and oxygen atoms in total. The summed E-state index contributed by atoms with van der Waals surface area (Å²) in [5.41, 5.74) is 7.76. The van der Waals surface area contributed by atoms with Crippen LogP contribution in [0.5, 0.6) is 11.5 Å². The molecule has 0 saturated carbocycles. The van der Waals surface area contributed by atoms with Gasteiger partial charge in [0.2, 0.25) is 5.91 Å². The number of aryl methyl sites for hydroxylation is 1. The van der Waals surface area contributed by atoms with Gasteiger partial charge < -0.3 is 9.84 Å². The Bertz CT molecular complexity index is 626. The Morgan fingerprint density at radius 3 is 2.65 bits per heavy atom. The lowest BCUT2D eigenvalue weighted by atomic mass is 10.1. The highest BCUT2D eigenvalue weighted by Crippen LogP contribution is 2.12. The van der Waals surface area contributed by atoms with Crippen LogP contribution < -0.4 is 15.6 Å². The SMILES string of the molecule is COc1cccc(CNNC(=O)CCCc2ccc(O)cc2)c1. The zero-order valence-electron chi connectivity index (χ0n) is 13.2. The number of aromatic hydroxyl groups is 1. The summed E-state index contributed by atoms with van der Waals surface area (Å²) in [6, 6.07) is 14.7. The summed E-state index contributed by atoms with van der Waals surface area (Å²) in [4.78, 5) is 11.8. The van der Waals surface area contributed by atoms with Gasteiger partial charge >= 0.3 is 0 Å². The Hall–Kier alpha value is -2.53. The molecule has 0 unspecified atom stereocenters. The van der Waals surface area contributed by atoms with Crippen molar-refractivity contribution in [2.24, 2.45) is 0 Å². The van der Waals surface area contributed by atoms with Gasteiger partial charge in [-0.05, 0) is 48.2 Å². The number of carbonyl (C=O) groups is 1. The van der Waals surface area contributed by atoms with Gasteiger partial charge in [0, 0.05) is 13.0 Å². The average Bonchev–Trinajstić information content (AvgIpc) is 2.57. The molecule has 3 N–H and O–H groups in total. The molecule has 0 radical (unpaired) electrons. The molecule has 2 aromatic carbocycles. The predicted molar refractivity (Wildman–Crippen MR) is 89.0 cm³/mol. The third kappa shape index (κ3) is 6.00. The number of methoxy groups -OCH3 is 1. The van der Waals surface area contributed by atoms with E-state index in [2.05, 4.69) is 10.9 Å². The van der Waals surface area contributed by atoms with Crippen molar-refractivity contribution in [3.63, 3.8) is 0 Å². The standard InChI is InChI=1S/C18H22N2O3/c1-23-17-6-2-5-15(12-17)13-19-20-18(22)7-3-4-14-8-10-16(21)11-9-14/h2,5-6,8-12,19,21H,3-4,7,13H2,1H3,(H,20,22). The minimum Gasteiger partial charge on any atom is -0.508 e. The van der Waals surface area contributed by atoms with Crippen LogP contribution in [0.2, 0.25) is 0 Å². The van der Waals surface area contributed by atoms with Crippen LogP contribution in [0.4, 0.5) is 0 Å². The number of amides is 1. The number of benzene rings is 2. The summed E-state index contributed by atoms with van der Waals surface area (Å²) in [6.07, 6.45) is 2.02. The Morgan fingerprint density at radius 1 is 1.13 bits per heavy atom. The number of phenols is 1. The fourth-order valence-corrected chi connectivity index (χ4v) is 2.21. The molecule has 1 amide bonds. The van der Waals surface area contributed by atoms with Crippen LogP contribution in [0.3, 0.4) is 0 Å². The summed E-state index contributed by atoms with van der Waals surface area (Å²) >= 11 is 0. The Morgan fingerprint density at radius 2 is 1.91 bits per heavy atom. The molecule has 122 valence electrons. The van der Waals surface area contributed by atoms with E-state index in [9.17, 15) is 9.90 Å². The van der Waals surface area contributed by atoms with Crippen molar-refractivity contribution >= 4 is 5.91 Å². The Labute approximate surface area is 136 Å².